The molecule has 2 aromatic carbocycles. The van der Waals surface area contributed by atoms with Crippen LogP contribution in [0.15, 0.2) is 54.7 Å². The quantitative estimate of drug-likeness (QED) is 0.255. The lowest BCUT2D eigenvalue weighted by Gasteiger charge is -2.13. The fourth-order valence-corrected chi connectivity index (χ4v) is 2.85. The molecule has 0 unspecified atom stereocenters. The SMILES string of the molecule is COCCOc1cc([N+](=O)[O-])c(C(=O)Nc2ccc(Oc3ccc(Cl)cc3)nc2)cc1OC. The second-order valence-corrected chi connectivity index (χ2v) is 6.95. The normalized spacial score (nSPS) is 10.4. The highest BCUT2D eigenvalue weighted by Gasteiger charge is 2.25. The number of nitrogens with zero attached hydrogens (tertiary/aromatic N) is 2. The Labute approximate surface area is 194 Å². The number of hydrogen-bond acceptors (Lipinski definition) is 8. The van der Waals surface area contributed by atoms with Gasteiger partial charge in [0.05, 0.1) is 36.6 Å². The van der Waals surface area contributed by atoms with Gasteiger partial charge in [-0.3, -0.25) is 14.9 Å². The van der Waals surface area contributed by atoms with E-state index >= 15 is 0 Å². The van der Waals surface area contributed by atoms with E-state index in [4.69, 9.17) is 30.5 Å². The monoisotopic (exact) mass is 473 g/mol. The number of pyridine rings is 1. The van der Waals surface area contributed by atoms with Crippen LogP contribution in [0.4, 0.5) is 11.4 Å². The van der Waals surface area contributed by atoms with Gasteiger partial charge in [-0.25, -0.2) is 4.98 Å². The van der Waals surface area contributed by atoms with Gasteiger partial charge in [0.15, 0.2) is 11.5 Å². The minimum atomic E-state index is -0.711. The number of carbonyl (C=O) groups is 1. The van der Waals surface area contributed by atoms with Crippen molar-refractivity contribution >= 4 is 28.9 Å². The Morgan fingerprint density at radius 1 is 1.09 bits per heavy atom. The van der Waals surface area contributed by atoms with Gasteiger partial charge in [-0.2, -0.15) is 0 Å². The molecule has 1 heterocycles. The van der Waals surface area contributed by atoms with Crippen molar-refractivity contribution in [2.75, 3.05) is 32.8 Å². The van der Waals surface area contributed by atoms with Crippen molar-refractivity contribution in [3.05, 3.63) is 75.4 Å². The maximum atomic E-state index is 12.8. The Bertz CT molecular complexity index is 1120. The average molecular weight is 474 g/mol. The maximum absolute atomic E-state index is 12.8. The molecule has 3 rings (SSSR count). The molecule has 0 spiro atoms. The van der Waals surface area contributed by atoms with Gasteiger partial charge in [-0.1, -0.05) is 11.6 Å². The van der Waals surface area contributed by atoms with E-state index in [0.29, 0.717) is 22.3 Å². The van der Waals surface area contributed by atoms with E-state index in [1.807, 2.05) is 0 Å². The number of hydrogen-bond donors (Lipinski definition) is 1. The second kappa shape index (κ2) is 11.1. The van der Waals surface area contributed by atoms with Crippen molar-refractivity contribution in [2.24, 2.45) is 0 Å². The highest BCUT2D eigenvalue weighted by molar-refractivity contribution is 6.30. The van der Waals surface area contributed by atoms with E-state index in [1.54, 1.807) is 36.4 Å². The third kappa shape index (κ3) is 6.31. The van der Waals surface area contributed by atoms with Crippen LogP contribution in [0.3, 0.4) is 0 Å². The molecule has 1 aromatic heterocycles. The van der Waals surface area contributed by atoms with Crippen LogP contribution in [0.25, 0.3) is 0 Å². The van der Waals surface area contributed by atoms with Crippen LogP contribution < -0.4 is 19.5 Å². The summed E-state index contributed by atoms with van der Waals surface area (Å²) in [5, 5.41) is 14.7. The summed E-state index contributed by atoms with van der Waals surface area (Å²) in [6.45, 7) is 0.440. The Morgan fingerprint density at radius 3 is 2.45 bits per heavy atom. The summed E-state index contributed by atoms with van der Waals surface area (Å²) >= 11 is 5.85. The molecule has 0 aliphatic carbocycles. The molecule has 172 valence electrons. The third-order valence-electron chi connectivity index (χ3n) is 4.30. The zero-order valence-corrected chi connectivity index (χ0v) is 18.5. The minimum absolute atomic E-state index is 0.128. The zero-order chi connectivity index (χ0) is 23.8. The largest absolute Gasteiger partial charge is 0.493 e. The number of aromatic nitrogens is 1. The Balaban J connectivity index is 1.77. The summed E-state index contributed by atoms with van der Waals surface area (Å²) in [5.74, 6) is 0.422. The van der Waals surface area contributed by atoms with E-state index in [1.165, 1.54) is 26.5 Å². The van der Waals surface area contributed by atoms with Gasteiger partial charge in [0.2, 0.25) is 5.88 Å². The van der Waals surface area contributed by atoms with E-state index in [9.17, 15) is 14.9 Å². The van der Waals surface area contributed by atoms with Crippen molar-refractivity contribution in [3.8, 4) is 23.1 Å². The van der Waals surface area contributed by atoms with Crippen molar-refractivity contribution in [3.63, 3.8) is 0 Å². The Kier molecular flexibility index (Phi) is 8.01. The Morgan fingerprint density at radius 2 is 1.85 bits per heavy atom. The molecule has 33 heavy (non-hydrogen) atoms. The minimum Gasteiger partial charge on any atom is -0.493 e. The van der Waals surface area contributed by atoms with Crippen LogP contribution in [0, 0.1) is 10.1 Å². The average Bonchev–Trinajstić information content (AvgIpc) is 2.81. The van der Waals surface area contributed by atoms with E-state index in [-0.39, 0.29) is 30.3 Å². The summed E-state index contributed by atoms with van der Waals surface area (Å²) in [5.41, 5.74) is -0.314. The summed E-state index contributed by atoms with van der Waals surface area (Å²) in [7, 11) is 2.87. The summed E-state index contributed by atoms with van der Waals surface area (Å²) in [6.07, 6.45) is 1.37. The first-order valence-electron chi connectivity index (χ1n) is 9.60. The molecule has 0 saturated heterocycles. The maximum Gasteiger partial charge on any atom is 0.286 e. The number of methoxy groups -OCH3 is 2. The van der Waals surface area contributed by atoms with E-state index in [2.05, 4.69) is 10.3 Å². The summed E-state index contributed by atoms with van der Waals surface area (Å²) < 4.78 is 21.2. The number of benzene rings is 2. The van der Waals surface area contributed by atoms with Crippen LogP contribution in [-0.2, 0) is 4.74 Å². The standard InChI is InChI=1S/C22H20ClN3O7/c1-30-9-10-32-20-12-18(26(28)29)17(11-19(20)31-2)22(27)25-15-5-8-21(24-13-15)33-16-6-3-14(23)4-7-16/h3-8,11-13H,9-10H2,1-2H3,(H,25,27). The third-order valence-corrected chi connectivity index (χ3v) is 4.55. The van der Waals surface area contributed by atoms with Gasteiger partial charge in [-0.05, 0) is 30.3 Å². The number of anilines is 1. The van der Waals surface area contributed by atoms with Crippen LogP contribution >= 0.6 is 11.6 Å². The number of nitrogens with one attached hydrogen (secondary N) is 1. The number of nitro groups is 1. The lowest BCUT2D eigenvalue weighted by atomic mass is 10.1. The Hall–Kier alpha value is -3.89. The first-order valence-corrected chi connectivity index (χ1v) is 9.98. The summed E-state index contributed by atoms with van der Waals surface area (Å²) in [6, 6.07) is 12.2. The van der Waals surface area contributed by atoms with Crippen molar-refractivity contribution in [1.29, 1.82) is 0 Å². The van der Waals surface area contributed by atoms with Crippen LogP contribution in [0.1, 0.15) is 10.4 Å². The van der Waals surface area contributed by atoms with Crippen molar-refractivity contribution in [1.82, 2.24) is 4.98 Å². The summed E-state index contributed by atoms with van der Waals surface area (Å²) in [4.78, 5) is 27.8. The molecule has 10 nitrogen and oxygen atoms in total. The predicted octanol–water partition coefficient (Wildman–Crippen LogP) is 4.72. The molecule has 0 radical (unpaired) electrons. The first-order chi connectivity index (χ1) is 15.9. The highest BCUT2D eigenvalue weighted by atomic mass is 35.5. The number of nitro benzene ring substituents is 1. The van der Waals surface area contributed by atoms with Gasteiger partial charge in [0.1, 0.15) is 17.9 Å². The topological polar surface area (TPSA) is 122 Å². The smallest absolute Gasteiger partial charge is 0.286 e. The van der Waals surface area contributed by atoms with Gasteiger partial charge >= 0.3 is 0 Å². The molecular weight excluding hydrogens is 454 g/mol. The fraction of sp³-hybridized carbons (Fsp3) is 0.182. The van der Waals surface area contributed by atoms with Crippen LogP contribution in [0.5, 0.6) is 23.1 Å². The lowest BCUT2D eigenvalue weighted by Crippen LogP contribution is -2.15. The molecule has 0 saturated carbocycles. The number of rotatable bonds is 10. The molecule has 11 heteroatoms. The van der Waals surface area contributed by atoms with Crippen LogP contribution in [-0.4, -0.2) is 43.2 Å². The molecular formula is C22H20ClN3O7. The zero-order valence-electron chi connectivity index (χ0n) is 17.7. The molecule has 0 bridgehead atoms. The highest BCUT2D eigenvalue weighted by Crippen LogP contribution is 2.35. The molecule has 1 amide bonds. The molecule has 1 N–H and O–H groups in total. The van der Waals surface area contributed by atoms with E-state index in [0.717, 1.165) is 6.07 Å². The van der Waals surface area contributed by atoms with Gasteiger partial charge in [0, 0.05) is 24.3 Å². The fourth-order valence-electron chi connectivity index (χ4n) is 2.73. The molecule has 0 aliphatic heterocycles. The number of halogens is 1. The molecule has 3 aromatic rings. The second-order valence-electron chi connectivity index (χ2n) is 6.51. The first kappa shape index (κ1) is 23.8. The molecule has 0 atom stereocenters. The van der Waals surface area contributed by atoms with E-state index < -0.39 is 16.5 Å². The van der Waals surface area contributed by atoms with Gasteiger partial charge in [0.25, 0.3) is 11.6 Å². The molecule has 0 aliphatic rings. The van der Waals surface area contributed by atoms with Crippen LogP contribution in [0.2, 0.25) is 5.02 Å². The van der Waals surface area contributed by atoms with Crippen molar-refractivity contribution < 1.29 is 28.7 Å². The van der Waals surface area contributed by atoms with Gasteiger partial charge in [-0.15, -0.1) is 0 Å². The molecule has 0 fully saturated rings. The number of ether oxygens (including phenoxy) is 4. The number of amides is 1. The predicted molar refractivity (Wildman–Crippen MR) is 121 cm³/mol. The van der Waals surface area contributed by atoms with Gasteiger partial charge < -0.3 is 24.3 Å². The van der Waals surface area contributed by atoms with Crippen molar-refractivity contribution in [2.45, 2.75) is 0 Å². The number of carbonyl (C=O) groups excluding carboxylic acids is 1. The lowest BCUT2D eigenvalue weighted by molar-refractivity contribution is -0.385.